The number of aryl methyl sites for hydroxylation is 1. The minimum absolute atomic E-state index is 0.124. The molecule has 0 fully saturated rings. The van der Waals surface area contributed by atoms with Crippen LogP contribution in [0.3, 0.4) is 0 Å². The molecule has 0 saturated carbocycles. The molecular weight excluding hydrogens is 354 g/mol. The van der Waals surface area contributed by atoms with E-state index in [4.69, 9.17) is 15.7 Å². The molecule has 0 bridgehead atoms. The lowest BCUT2D eigenvalue weighted by molar-refractivity contribution is 0.0526. The van der Waals surface area contributed by atoms with Crippen LogP contribution in [0.1, 0.15) is 33.5 Å². The smallest absolute Gasteiger partial charge is 0.338 e. The third-order valence-corrected chi connectivity index (χ3v) is 4.53. The molecule has 8 heteroatoms. The highest BCUT2D eigenvalue weighted by atomic mass is 32.1. The van der Waals surface area contributed by atoms with Gasteiger partial charge in [-0.2, -0.15) is 4.99 Å². The number of hydrogen-bond donors (Lipinski definition) is 0. The van der Waals surface area contributed by atoms with Crippen LogP contribution in [0.5, 0.6) is 0 Å². The fourth-order valence-electron chi connectivity index (χ4n) is 2.36. The number of carbonyl (C=O) groups excluding carboxylic acids is 2. The van der Waals surface area contributed by atoms with Gasteiger partial charge < -0.3 is 13.8 Å². The first-order valence-electron chi connectivity index (χ1n) is 7.79. The van der Waals surface area contributed by atoms with E-state index < -0.39 is 11.9 Å². The maximum absolute atomic E-state index is 12.3. The summed E-state index contributed by atoms with van der Waals surface area (Å²) in [6, 6.07) is 6.64. The third-order valence-electron chi connectivity index (χ3n) is 3.49. The summed E-state index contributed by atoms with van der Waals surface area (Å²) < 4.78 is 12.4. The molecule has 1 amide bonds. The molecule has 0 atom stereocenters. The average molecular weight is 369 g/mol. The summed E-state index contributed by atoms with van der Waals surface area (Å²) in [6.45, 7) is 3.97. The van der Waals surface area contributed by atoms with Crippen LogP contribution in [0, 0.1) is 19.3 Å². The van der Waals surface area contributed by atoms with Gasteiger partial charge in [0.05, 0.1) is 28.9 Å². The summed E-state index contributed by atoms with van der Waals surface area (Å²) in [5.41, 5.74) is 1.33. The number of carbonyl (C=O) groups is 2. The zero-order chi connectivity index (χ0) is 18.7. The predicted octanol–water partition coefficient (Wildman–Crippen LogP) is 2.55. The Morgan fingerprint density at radius 2 is 2.23 bits per heavy atom. The van der Waals surface area contributed by atoms with Crippen LogP contribution in [0.15, 0.2) is 33.8 Å². The standard InChI is InChI=1S/C18H15N3O4S/c1-4-8-21-14-7-6-12(17(23)24-5-2)10-15(14)26-18(21)19-16(22)13-9-11(3)25-20-13/h1,6-7,9-10H,5,8H2,2-3H3. The number of amides is 1. The number of benzene rings is 1. The molecule has 26 heavy (non-hydrogen) atoms. The van der Waals surface area contributed by atoms with Gasteiger partial charge in [0.25, 0.3) is 0 Å². The van der Waals surface area contributed by atoms with Crippen molar-refractivity contribution in [3.8, 4) is 12.3 Å². The first-order valence-corrected chi connectivity index (χ1v) is 8.61. The fourth-order valence-corrected chi connectivity index (χ4v) is 3.42. The zero-order valence-corrected chi connectivity index (χ0v) is 15.0. The Labute approximate surface area is 152 Å². The number of hydrogen-bond acceptors (Lipinski definition) is 6. The van der Waals surface area contributed by atoms with Crippen LogP contribution in [-0.2, 0) is 11.3 Å². The van der Waals surface area contributed by atoms with E-state index in [1.54, 1.807) is 36.6 Å². The largest absolute Gasteiger partial charge is 0.462 e. The van der Waals surface area contributed by atoms with Crippen LogP contribution in [0.25, 0.3) is 10.2 Å². The molecule has 0 aliphatic rings. The number of terminal acetylenes is 1. The van der Waals surface area contributed by atoms with E-state index in [1.807, 2.05) is 0 Å². The number of rotatable bonds is 4. The molecule has 0 radical (unpaired) electrons. The van der Waals surface area contributed by atoms with E-state index in [0.29, 0.717) is 22.7 Å². The molecule has 7 nitrogen and oxygen atoms in total. The molecule has 2 aromatic heterocycles. The molecular formula is C18H15N3O4S. The molecule has 2 heterocycles. The van der Waals surface area contributed by atoms with Crippen molar-refractivity contribution >= 4 is 33.4 Å². The van der Waals surface area contributed by atoms with Crippen LogP contribution >= 0.6 is 11.3 Å². The summed E-state index contributed by atoms with van der Waals surface area (Å²) in [5, 5.41) is 3.67. The van der Waals surface area contributed by atoms with E-state index in [1.165, 1.54) is 17.4 Å². The van der Waals surface area contributed by atoms with Gasteiger partial charge in [-0.15, -0.1) is 6.42 Å². The van der Waals surface area contributed by atoms with Gasteiger partial charge in [0.2, 0.25) is 0 Å². The molecule has 132 valence electrons. The normalized spacial score (nSPS) is 11.5. The maximum atomic E-state index is 12.3. The first-order chi connectivity index (χ1) is 12.5. The molecule has 1 aromatic carbocycles. The van der Waals surface area contributed by atoms with Crippen LogP contribution in [-0.4, -0.2) is 28.2 Å². The number of nitrogens with zero attached hydrogens (tertiary/aromatic N) is 3. The van der Waals surface area contributed by atoms with Gasteiger partial charge in [-0.3, -0.25) is 4.79 Å². The second kappa shape index (κ2) is 7.37. The van der Waals surface area contributed by atoms with Crippen molar-refractivity contribution in [3.63, 3.8) is 0 Å². The summed E-state index contributed by atoms with van der Waals surface area (Å²) in [5.74, 6) is 2.15. The summed E-state index contributed by atoms with van der Waals surface area (Å²) in [6.07, 6.45) is 5.45. The number of fused-ring (bicyclic) bond motifs is 1. The van der Waals surface area contributed by atoms with Gasteiger partial charge in [-0.1, -0.05) is 22.4 Å². The summed E-state index contributed by atoms with van der Waals surface area (Å²) in [4.78, 5) is 28.8. The van der Waals surface area contributed by atoms with Crippen molar-refractivity contribution in [1.29, 1.82) is 0 Å². The first kappa shape index (κ1) is 17.6. The van der Waals surface area contributed by atoms with E-state index in [0.717, 1.165) is 10.2 Å². The lowest BCUT2D eigenvalue weighted by Gasteiger charge is -2.03. The van der Waals surface area contributed by atoms with Crippen LogP contribution < -0.4 is 4.80 Å². The Hall–Kier alpha value is -3.18. The van der Waals surface area contributed by atoms with Gasteiger partial charge in [0.1, 0.15) is 5.76 Å². The Morgan fingerprint density at radius 3 is 2.88 bits per heavy atom. The van der Waals surface area contributed by atoms with Crippen molar-refractivity contribution in [3.05, 3.63) is 46.1 Å². The highest BCUT2D eigenvalue weighted by molar-refractivity contribution is 7.16. The van der Waals surface area contributed by atoms with Gasteiger partial charge >= 0.3 is 11.9 Å². The Bertz CT molecular complexity index is 1100. The molecule has 0 aliphatic carbocycles. The van der Waals surface area contributed by atoms with Crippen molar-refractivity contribution in [1.82, 2.24) is 9.72 Å². The van der Waals surface area contributed by atoms with Gasteiger partial charge in [-0.05, 0) is 32.0 Å². The quantitative estimate of drug-likeness (QED) is 0.521. The number of thiazole rings is 1. The van der Waals surface area contributed by atoms with Crippen LogP contribution in [0.2, 0.25) is 0 Å². The second-order valence-electron chi connectivity index (χ2n) is 5.32. The van der Waals surface area contributed by atoms with Crippen molar-refractivity contribution < 1.29 is 18.8 Å². The molecule has 0 unspecified atom stereocenters. The van der Waals surface area contributed by atoms with Crippen molar-refractivity contribution in [2.45, 2.75) is 20.4 Å². The lowest BCUT2D eigenvalue weighted by Crippen LogP contribution is -2.16. The van der Waals surface area contributed by atoms with E-state index in [-0.39, 0.29) is 12.2 Å². The summed E-state index contributed by atoms with van der Waals surface area (Å²) in [7, 11) is 0. The number of aromatic nitrogens is 2. The SMILES string of the molecule is C#CCn1c(=NC(=O)c2cc(C)on2)sc2cc(C(=O)OCC)ccc21. The topological polar surface area (TPSA) is 86.7 Å². The van der Waals surface area contributed by atoms with Crippen molar-refractivity contribution in [2.24, 2.45) is 4.99 Å². The minimum Gasteiger partial charge on any atom is -0.462 e. The third kappa shape index (κ3) is 3.43. The molecule has 0 aliphatic heterocycles. The van der Waals surface area contributed by atoms with Gasteiger partial charge in [0, 0.05) is 6.07 Å². The molecule has 3 rings (SSSR count). The molecule has 0 saturated heterocycles. The second-order valence-corrected chi connectivity index (χ2v) is 6.33. The minimum atomic E-state index is -0.523. The van der Waals surface area contributed by atoms with E-state index in [2.05, 4.69) is 16.1 Å². The number of esters is 1. The van der Waals surface area contributed by atoms with Crippen molar-refractivity contribution in [2.75, 3.05) is 6.61 Å². The van der Waals surface area contributed by atoms with Gasteiger partial charge in [0.15, 0.2) is 10.5 Å². The molecule has 0 N–H and O–H groups in total. The Morgan fingerprint density at radius 1 is 1.42 bits per heavy atom. The van der Waals surface area contributed by atoms with Gasteiger partial charge in [-0.25, -0.2) is 4.79 Å². The zero-order valence-electron chi connectivity index (χ0n) is 14.2. The summed E-state index contributed by atoms with van der Waals surface area (Å²) >= 11 is 1.26. The van der Waals surface area contributed by atoms with Crippen LogP contribution in [0.4, 0.5) is 0 Å². The fraction of sp³-hybridized carbons (Fsp3) is 0.222. The van der Waals surface area contributed by atoms with E-state index in [9.17, 15) is 9.59 Å². The average Bonchev–Trinajstić information content (AvgIpc) is 3.19. The lowest BCUT2D eigenvalue weighted by atomic mass is 10.2. The predicted molar refractivity (Wildman–Crippen MR) is 95.7 cm³/mol. The Balaban J connectivity index is 2.10. The molecule has 0 spiro atoms. The highest BCUT2D eigenvalue weighted by Gasteiger charge is 2.14. The number of ether oxygens (including phenoxy) is 1. The Kier molecular flexibility index (Phi) is 5.00. The van der Waals surface area contributed by atoms with E-state index >= 15 is 0 Å². The highest BCUT2D eigenvalue weighted by Crippen LogP contribution is 2.20. The maximum Gasteiger partial charge on any atom is 0.338 e. The monoisotopic (exact) mass is 369 g/mol. The molecule has 3 aromatic rings.